The monoisotopic (exact) mass is 247 g/mol. The van der Waals surface area contributed by atoms with Gasteiger partial charge in [-0.3, -0.25) is 0 Å². The molecule has 0 heterocycles. The second kappa shape index (κ2) is 6.43. The normalized spacial score (nSPS) is 17.1. The van der Waals surface area contributed by atoms with Crippen LogP contribution in [0.2, 0.25) is 0 Å². The van der Waals surface area contributed by atoms with Gasteiger partial charge in [0.25, 0.3) is 0 Å². The second-order valence-electron chi connectivity index (χ2n) is 4.89. The summed E-state index contributed by atoms with van der Waals surface area (Å²) in [5.41, 5.74) is 1.66. The number of hydrogen-bond donors (Lipinski definition) is 1. The van der Waals surface area contributed by atoms with E-state index < -0.39 is 0 Å². The molecule has 0 spiro atoms. The van der Waals surface area contributed by atoms with Crippen LogP contribution in [0, 0.1) is 5.92 Å². The van der Waals surface area contributed by atoms with Crippen molar-refractivity contribution in [3.63, 3.8) is 0 Å². The predicted octanol–water partition coefficient (Wildman–Crippen LogP) is 3.84. The quantitative estimate of drug-likeness (QED) is 0.488. The molecule has 1 aromatic carbocycles. The van der Waals surface area contributed by atoms with Gasteiger partial charge in [-0.25, -0.2) is 0 Å². The maximum absolute atomic E-state index is 8.85. The van der Waals surface area contributed by atoms with Crippen LogP contribution in [0.15, 0.2) is 29.4 Å². The third kappa shape index (κ3) is 3.25. The van der Waals surface area contributed by atoms with E-state index in [1.807, 2.05) is 31.2 Å². The van der Waals surface area contributed by atoms with Crippen LogP contribution in [0.5, 0.6) is 5.75 Å². The minimum Gasteiger partial charge on any atom is -0.493 e. The number of ether oxygens (including phenoxy) is 1. The summed E-state index contributed by atoms with van der Waals surface area (Å²) >= 11 is 0. The molecular formula is C15H21NO2. The summed E-state index contributed by atoms with van der Waals surface area (Å²) in [5, 5.41) is 12.1. The Morgan fingerprint density at radius 1 is 1.28 bits per heavy atom. The highest BCUT2D eigenvalue weighted by Crippen LogP contribution is 2.25. The molecule has 18 heavy (non-hydrogen) atoms. The lowest BCUT2D eigenvalue weighted by Crippen LogP contribution is -2.08. The number of hydrogen-bond acceptors (Lipinski definition) is 3. The highest BCUT2D eigenvalue weighted by Gasteiger charge is 2.15. The molecule has 0 unspecified atom stereocenters. The van der Waals surface area contributed by atoms with Crippen LogP contribution in [-0.4, -0.2) is 17.5 Å². The molecule has 2 rings (SSSR count). The zero-order valence-electron chi connectivity index (χ0n) is 10.9. The van der Waals surface area contributed by atoms with Gasteiger partial charge >= 0.3 is 0 Å². The molecule has 1 aliphatic carbocycles. The maximum atomic E-state index is 8.85. The van der Waals surface area contributed by atoms with Crippen LogP contribution in [0.3, 0.4) is 0 Å². The van der Waals surface area contributed by atoms with Gasteiger partial charge in [-0.05, 0) is 55.0 Å². The number of benzene rings is 1. The molecule has 3 heteroatoms. The first-order chi connectivity index (χ1) is 8.83. The van der Waals surface area contributed by atoms with Crippen molar-refractivity contribution in [1.29, 1.82) is 0 Å². The summed E-state index contributed by atoms with van der Waals surface area (Å²) in [7, 11) is 0. The standard InChI is InChI=1S/C15H21NO2/c1-2-15(16-17)13-7-9-14(10-8-13)18-11-12-5-3-4-6-12/h7-10,12,17H,2-6,11H2,1H3/b16-15-. The zero-order valence-corrected chi connectivity index (χ0v) is 10.9. The molecule has 98 valence electrons. The smallest absolute Gasteiger partial charge is 0.119 e. The lowest BCUT2D eigenvalue weighted by atomic mass is 10.1. The van der Waals surface area contributed by atoms with E-state index in [0.717, 1.165) is 30.3 Å². The van der Waals surface area contributed by atoms with E-state index in [9.17, 15) is 0 Å². The van der Waals surface area contributed by atoms with Gasteiger partial charge in [0.15, 0.2) is 0 Å². The Labute approximate surface area is 108 Å². The van der Waals surface area contributed by atoms with Crippen molar-refractivity contribution in [3.05, 3.63) is 29.8 Å². The van der Waals surface area contributed by atoms with Gasteiger partial charge in [0.2, 0.25) is 0 Å². The average Bonchev–Trinajstić information content (AvgIpc) is 2.92. The Morgan fingerprint density at radius 3 is 2.50 bits per heavy atom. The molecule has 1 aromatic rings. The fraction of sp³-hybridized carbons (Fsp3) is 0.533. The van der Waals surface area contributed by atoms with E-state index in [2.05, 4.69) is 5.16 Å². The first-order valence-corrected chi connectivity index (χ1v) is 6.77. The highest BCUT2D eigenvalue weighted by atomic mass is 16.5. The third-order valence-corrected chi connectivity index (χ3v) is 3.60. The van der Waals surface area contributed by atoms with Gasteiger partial charge in [-0.15, -0.1) is 0 Å². The summed E-state index contributed by atoms with van der Waals surface area (Å²) in [6.07, 6.45) is 6.02. The van der Waals surface area contributed by atoms with Gasteiger partial charge in [0.1, 0.15) is 5.75 Å². The molecule has 0 amide bonds. The molecule has 0 aliphatic heterocycles. The Kier molecular flexibility index (Phi) is 4.62. The molecule has 0 aromatic heterocycles. The topological polar surface area (TPSA) is 41.8 Å². The Balaban J connectivity index is 1.90. The Bertz CT molecular complexity index is 391. The molecule has 1 N–H and O–H groups in total. The summed E-state index contributed by atoms with van der Waals surface area (Å²) in [6.45, 7) is 2.80. The Morgan fingerprint density at radius 2 is 1.94 bits per heavy atom. The van der Waals surface area contributed by atoms with Crippen LogP contribution in [0.25, 0.3) is 0 Å². The van der Waals surface area contributed by atoms with Gasteiger partial charge < -0.3 is 9.94 Å². The molecule has 0 bridgehead atoms. The van der Waals surface area contributed by atoms with Crippen molar-refractivity contribution < 1.29 is 9.94 Å². The van der Waals surface area contributed by atoms with E-state index in [1.54, 1.807) is 0 Å². The predicted molar refractivity (Wildman–Crippen MR) is 72.5 cm³/mol. The minimum absolute atomic E-state index is 0.706. The molecule has 0 saturated heterocycles. The van der Waals surface area contributed by atoms with Gasteiger partial charge in [0, 0.05) is 0 Å². The summed E-state index contributed by atoms with van der Waals surface area (Å²) in [5.74, 6) is 1.63. The Hall–Kier alpha value is -1.51. The largest absolute Gasteiger partial charge is 0.493 e. The van der Waals surface area contributed by atoms with E-state index in [-0.39, 0.29) is 0 Å². The molecule has 1 saturated carbocycles. The number of nitrogens with zero attached hydrogens (tertiary/aromatic N) is 1. The van der Waals surface area contributed by atoms with Crippen molar-refractivity contribution >= 4 is 5.71 Å². The molecular weight excluding hydrogens is 226 g/mol. The van der Waals surface area contributed by atoms with Crippen LogP contribution in [0.4, 0.5) is 0 Å². The molecule has 0 atom stereocenters. The first-order valence-electron chi connectivity index (χ1n) is 6.77. The van der Waals surface area contributed by atoms with Crippen LogP contribution >= 0.6 is 0 Å². The fourth-order valence-corrected chi connectivity index (χ4v) is 2.47. The van der Waals surface area contributed by atoms with E-state index in [4.69, 9.17) is 9.94 Å². The first kappa shape index (κ1) is 12.9. The summed E-state index contributed by atoms with van der Waals surface area (Å²) in [4.78, 5) is 0. The fourth-order valence-electron chi connectivity index (χ4n) is 2.47. The summed E-state index contributed by atoms with van der Waals surface area (Å²) < 4.78 is 5.79. The zero-order chi connectivity index (χ0) is 12.8. The van der Waals surface area contributed by atoms with E-state index >= 15 is 0 Å². The van der Waals surface area contributed by atoms with Gasteiger partial charge in [-0.2, -0.15) is 0 Å². The highest BCUT2D eigenvalue weighted by molar-refractivity contribution is 6.00. The van der Waals surface area contributed by atoms with E-state index in [1.165, 1.54) is 25.7 Å². The minimum atomic E-state index is 0.706. The SMILES string of the molecule is CC/C(=N/O)c1ccc(OCC2CCCC2)cc1. The molecule has 1 fully saturated rings. The maximum Gasteiger partial charge on any atom is 0.119 e. The van der Waals surface area contributed by atoms with Crippen molar-refractivity contribution in [3.8, 4) is 5.75 Å². The van der Waals surface area contributed by atoms with Crippen molar-refractivity contribution in [2.75, 3.05) is 6.61 Å². The molecule has 3 nitrogen and oxygen atoms in total. The van der Waals surface area contributed by atoms with Gasteiger partial charge in [0.05, 0.1) is 12.3 Å². The van der Waals surface area contributed by atoms with Gasteiger partial charge in [-0.1, -0.05) is 24.9 Å². The van der Waals surface area contributed by atoms with Crippen LogP contribution in [0.1, 0.15) is 44.6 Å². The van der Waals surface area contributed by atoms with Crippen molar-refractivity contribution in [2.45, 2.75) is 39.0 Å². The van der Waals surface area contributed by atoms with E-state index in [0.29, 0.717) is 5.71 Å². The summed E-state index contributed by atoms with van der Waals surface area (Å²) in [6, 6.07) is 7.79. The lowest BCUT2D eigenvalue weighted by Gasteiger charge is -2.11. The lowest BCUT2D eigenvalue weighted by molar-refractivity contribution is 0.252. The number of rotatable bonds is 5. The van der Waals surface area contributed by atoms with Crippen molar-refractivity contribution in [2.24, 2.45) is 11.1 Å². The van der Waals surface area contributed by atoms with Crippen LogP contribution < -0.4 is 4.74 Å². The second-order valence-corrected chi connectivity index (χ2v) is 4.89. The van der Waals surface area contributed by atoms with Crippen molar-refractivity contribution in [1.82, 2.24) is 0 Å². The molecule has 0 radical (unpaired) electrons. The molecule has 1 aliphatic rings. The third-order valence-electron chi connectivity index (χ3n) is 3.60. The number of oxime groups is 1. The van der Waals surface area contributed by atoms with Crippen LogP contribution in [-0.2, 0) is 0 Å². The average molecular weight is 247 g/mol.